The van der Waals surface area contributed by atoms with Crippen LogP contribution in [0.4, 0.5) is 0 Å². The normalized spacial score (nSPS) is 22.9. The predicted octanol–water partition coefficient (Wildman–Crippen LogP) is 1.85. The Balaban J connectivity index is 1.53. The summed E-state index contributed by atoms with van der Waals surface area (Å²) in [6, 6.07) is 10.3. The van der Waals surface area contributed by atoms with Gasteiger partial charge in [-0.3, -0.25) is 9.69 Å². The van der Waals surface area contributed by atoms with Crippen molar-refractivity contribution in [3.8, 4) is 0 Å². The molecule has 4 nitrogen and oxygen atoms in total. The number of amides is 1. The molecule has 1 unspecified atom stereocenters. The summed E-state index contributed by atoms with van der Waals surface area (Å²) >= 11 is 0. The van der Waals surface area contributed by atoms with Gasteiger partial charge in [0.05, 0.1) is 6.04 Å². The van der Waals surface area contributed by atoms with Gasteiger partial charge in [-0.05, 0) is 50.3 Å². The molecule has 120 valence electrons. The van der Waals surface area contributed by atoms with E-state index >= 15 is 0 Å². The van der Waals surface area contributed by atoms with Crippen LogP contribution in [-0.2, 0) is 11.3 Å². The van der Waals surface area contributed by atoms with Crippen LogP contribution >= 0.6 is 0 Å². The molecule has 22 heavy (non-hydrogen) atoms. The van der Waals surface area contributed by atoms with Crippen molar-refractivity contribution >= 4 is 5.91 Å². The molecular weight excluding hydrogens is 274 g/mol. The number of benzene rings is 1. The molecular formula is C18H27N3O. The molecule has 1 amide bonds. The smallest absolute Gasteiger partial charge is 0.239 e. The third-order valence-electron chi connectivity index (χ3n) is 5.31. The van der Waals surface area contributed by atoms with Gasteiger partial charge in [0.1, 0.15) is 0 Å². The van der Waals surface area contributed by atoms with Crippen molar-refractivity contribution in [2.75, 3.05) is 26.2 Å². The van der Waals surface area contributed by atoms with Crippen molar-refractivity contribution in [2.24, 2.45) is 11.1 Å². The molecule has 2 N–H and O–H groups in total. The van der Waals surface area contributed by atoms with E-state index in [-0.39, 0.29) is 11.9 Å². The molecule has 2 fully saturated rings. The number of nitrogens with two attached hydrogens (primary N) is 1. The van der Waals surface area contributed by atoms with Gasteiger partial charge >= 0.3 is 0 Å². The first kappa shape index (κ1) is 15.5. The third kappa shape index (κ3) is 3.33. The molecule has 1 spiro atoms. The van der Waals surface area contributed by atoms with Gasteiger partial charge in [-0.1, -0.05) is 30.3 Å². The van der Waals surface area contributed by atoms with Gasteiger partial charge < -0.3 is 10.6 Å². The average molecular weight is 301 g/mol. The lowest BCUT2D eigenvalue weighted by Crippen LogP contribution is -2.44. The van der Waals surface area contributed by atoms with Crippen LogP contribution < -0.4 is 5.73 Å². The van der Waals surface area contributed by atoms with E-state index in [2.05, 4.69) is 35.2 Å². The summed E-state index contributed by atoms with van der Waals surface area (Å²) in [5.41, 5.74) is 7.47. The fraction of sp³-hybridized carbons (Fsp3) is 0.611. The first-order chi connectivity index (χ1) is 10.6. The lowest BCUT2D eigenvalue weighted by Gasteiger charge is -2.39. The molecule has 0 bridgehead atoms. The summed E-state index contributed by atoms with van der Waals surface area (Å²) in [6.07, 6.45) is 3.54. The minimum atomic E-state index is -0.367. The molecule has 0 aliphatic carbocycles. The second kappa shape index (κ2) is 6.39. The first-order valence-corrected chi connectivity index (χ1v) is 8.39. The summed E-state index contributed by atoms with van der Waals surface area (Å²) in [7, 11) is 0. The predicted molar refractivity (Wildman–Crippen MR) is 88.2 cm³/mol. The average Bonchev–Trinajstić information content (AvgIpc) is 2.94. The van der Waals surface area contributed by atoms with Gasteiger partial charge in [0.15, 0.2) is 0 Å². The molecule has 0 saturated carbocycles. The Kier molecular flexibility index (Phi) is 4.50. The van der Waals surface area contributed by atoms with E-state index in [9.17, 15) is 4.79 Å². The quantitative estimate of drug-likeness (QED) is 0.927. The van der Waals surface area contributed by atoms with Gasteiger partial charge in [0.2, 0.25) is 5.91 Å². The lowest BCUT2D eigenvalue weighted by molar-refractivity contribution is -0.131. The second-order valence-corrected chi connectivity index (χ2v) is 7.06. The van der Waals surface area contributed by atoms with Crippen LogP contribution in [0.5, 0.6) is 0 Å². The van der Waals surface area contributed by atoms with E-state index < -0.39 is 0 Å². The van der Waals surface area contributed by atoms with Gasteiger partial charge in [-0.15, -0.1) is 0 Å². The van der Waals surface area contributed by atoms with E-state index in [1.54, 1.807) is 6.92 Å². The topological polar surface area (TPSA) is 49.6 Å². The Morgan fingerprint density at radius 2 is 1.82 bits per heavy atom. The number of nitrogens with zero attached hydrogens (tertiary/aromatic N) is 2. The SMILES string of the molecule is CC(N)C(=O)N1CCC2(CCN(Cc3ccccc3)CC2)C1. The van der Waals surface area contributed by atoms with Crippen LogP contribution in [-0.4, -0.2) is 47.9 Å². The minimum absolute atomic E-state index is 0.114. The van der Waals surface area contributed by atoms with E-state index in [0.29, 0.717) is 5.41 Å². The molecule has 3 rings (SSSR count). The maximum Gasteiger partial charge on any atom is 0.239 e. The summed E-state index contributed by atoms with van der Waals surface area (Å²) in [5, 5.41) is 0. The summed E-state index contributed by atoms with van der Waals surface area (Å²) in [4.78, 5) is 16.6. The Hall–Kier alpha value is -1.39. The van der Waals surface area contributed by atoms with Gasteiger partial charge in [0.25, 0.3) is 0 Å². The molecule has 1 atom stereocenters. The van der Waals surface area contributed by atoms with Crippen molar-refractivity contribution in [3.63, 3.8) is 0 Å². The first-order valence-electron chi connectivity index (χ1n) is 8.39. The number of carbonyl (C=O) groups is 1. The van der Waals surface area contributed by atoms with Gasteiger partial charge in [-0.2, -0.15) is 0 Å². The molecule has 2 aliphatic rings. The highest BCUT2D eigenvalue weighted by Crippen LogP contribution is 2.40. The molecule has 4 heteroatoms. The molecule has 2 heterocycles. The second-order valence-electron chi connectivity index (χ2n) is 7.06. The largest absolute Gasteiger partial charge is 0.341 e. The highest BCUT2D eigenvalue weighted by molar-refractivity contribution is 5.81. The fourth-order valence-electron chi connectivity index (χ4n) is 3.85. The van der Waals surface area contributed by atoms with Gasteiger partial charge in [0, 0.05) is 19.6 Å². The Morgan fingerprint density at radius 3 is 2.45 bits per heavy atom. The number of rotatable bonds is 3. The molecule has 1 aromatic carbocycles. The van der Waals surface area contributed by atoms with Crippen molar-refractivity contribution in [3.05, 3.63) is 35.9 Å². The van der Waals surface area contributed by atoms with Crippen molar-refractivity contribution in [2.45, 2.75) is 38.8 Å². The van der Waals surface area contributed by atoms with Crippen LogP contribution in [0.15, 0.2) is 30.3 Å². The summed E-state index contributed by atoms with van der Waals surface area (Å²) in [5.74, 6) is 0.114. The van der Waals surface area contributed by atoms with Crippen LogP contribution in [0.25, 0.3) is 0 Å². The molecule has 2 saturated heterocycles. The van der Waals surface area contributed by atoms with E-state index in [0.717, 1.165) is 39.1 Å². The number of hydrogen-bond acceptors (Lipinski definition) is 3. The Labute approximate surface area is 133 Å². The van der Waals surface area contributed by atoms with Gasteiger partial charge in [-0.25, -0.2) is 0 Å². The van der Waals surface area contributed by atoms with Crippen molar-refractivity contribution < 1.29 is 4.79 Å². The molecule has 0 radical (unpaired) electrons. The fourth-order valence-corrected chi connectivity index (χ4v) is 3.85. The van der Waals surface area contributed by atoms with Crippen LogP contribution in [0.1, 0.15) is 31.7 Å². The maximum absolute atomic E-state index is 12.1. The third-order valence-corrected chi connectivity index (χ3v) is 5.31. The Morgan fingerprint density at radius 1 is 1.18 bits per heavy atom. The number of hydrogen-bond donors (Lipinski definition) is 1. The van der Waals surface area contributed by atoms with Crippen LogP contribution in [0.3, 0.4) is 0 Å². The highest BCUT2D eigenvalue weighted by Gasteiger charge is 2.42. The zero-order chi connectivity index (χ0) is 15.6. The summed E-state index contributed by atoms with van der Waals surface area (Å²) in [6.45, 7) is 6.89. The molecule has 0 aromatic heterocycles. The van der Waals surface area contributed by atoms with Crippen molar-refractivity contribution in [1.29, 1.82) is 0 Å². The zero-order valence-electron chi connectivity index (χ0n) is 13.5. The number of likely N-dealkylation sites (tertiary alicyclic amines) is 2. The highest BCUT2D eigenvalue weighted by atomic mass is 16.2. The zero-order valence-corrected chi connectivity index (χ0v) is 13.5. The maximum atomic E-state index is 12.1. The summed E-state index contributed by atoms with van der Waals surface area (Å²) < 4.78 is 0. The molecule has 2 aliphatic heterocycles. The van der Waals surface area contributed by atoms with Crippen molar-refractivity contribution in [1.82, 2.24) is 9.80 Å². The minimum Gasteiger partial charge on any atom is -0.341 e. The van der Waals surface area contributed by atoms with Crippen LogP contribution in [0.2, 0.25) is 0 Å². The van der Waals surface area contributed by atoms with Crippen LogP contribution in [0, 0.1) is 5.41 Å². The Bertz CT molecular complexity index is 506. The number of piperidine rings is 1. The standard InChI is InChI=1S/C18H27N3O/c1-15(19)17(22)21-12-9-18(14-21)7-10-20(11-8-18)13-16-5-3-2-4-6-16/h2-6,15H,7-14,19H2,1H3. The number of carbonyl (C=O) groups excluding carboxylic acids is 1. The lowest BCUT2D eigenvalue weighted by atomic mass is 9.77. The van der Waals surface area contributed by atoms with E-state index in [1.807, 2.05) is 4.90 Å². The van der Waals surface area contributed by atoms with E-state index in [1.165, 1.54) is 18.4 Å². The molecule has 1 aromatic rings. The monoisotopic (exact) mass is 301 g/mol. The van der Waals surface area contributed by atoms with E-state index in [4.69, 9.17) is 5.73 Å².